The number of halogens is 2. The Bertz CT molecular complexity index is 1270. The minimum absolute atomic E-state index is 0.0114. The monoisotopic (exact) mass is 435 g/mol. The molecule has 0 atom stereocenters. The molecule has 2 N–H and O–H groups in total. The summed E-state index contributed by atoms with van der Waals surface area (Å²) in [5, 5.41) is 11.9. The Labute approximate surface area is 181 Å². The quantitative estimate of drug-likeness (QED) is 0.416. The van der Waals surface area contributed by atoms with Gasteiger partial charge in [0.1, 0.15) is 12.1 Å². The lowest BCUT2D eigenvalue weighted by atomic mass is 10.0. The first kappa shape index (κ1) is 20.2. The molecule has 0 unspecified atom stereocenters. The normalized spacial score (nSPS) is 11.0. The summed E-state index contributed by atoms with van der Waals surface area (Å²) in [6.07, 6.45) is 9.22. The number of carboxylic acids is 1. The number of hydrogen-bond donors (Lipinski definition) is 2. The lowest BCUT2D eigenvalue weighted by molar-refractivity contribution is -0.131. The molecule has 0 aliphatic heterocycles. The standard InChI is InChI=1S/C22H15ClFN5O2/c23-18-11-16(5-6-19(18)24)27-22-26-12-17(21(28-22)29-9-8-25-13-29)15-3-1-2-14(10-15)4-7-20(30)31/h1-13H,(H,30,31)(H,26,27,28). The van der Waals surface area contributed by atoms with Crippen LogP contribution in [0, 0.1) is 5.82 Å². The fraction of sp³-hybridized carbons (Fsp3) is 0. The van der Waals surface area contributed by atoms with Gasteiger partial charge in [0.25, 0.3) is 0 Å². The van der Waals surface area contributed by atoms with Crippen LogP contribution >= 0.6 is 11.6 Å². The van der Waals surface area contributed by atoms with E-state index in [1.165, 1.54) is 24.3 Å². The summed E-state index contributed by atoms with van der Waals surface area (Å²) >= 11 is 5.85. The van der Waals surface area contributed by atoms with E-state index in [0.717, 1.165) is 17.2 Å². The molecular weight excluding hydrogens is 421 g/mol. The molecule has 0 spiro atoms. The molecule has 4 aromatic rings. The molecule has 31 heavy (non-hydrogen) atoms. The van der Waals surface area contributed by atoms with E-state index in [-0.39, 0.29) is 11.0 Å². The lowest BCUT2D eigenvalue weighted by Gasteiger charge is -2.13. The second-order valence-electron chi connectivity index (χ2n) is 6.45. The number of nitrogens with zero attached hydrogens (tertiary/aromatic N) is 4. The number of carboxylic acid groups (broad SMARTS) is 1. The third-order valence-corrected chi connectivity index (χ3v) is 4.60. The van der Waals surface area contributed by atoms with Gasteiger partial charge in [-0.15, -0.1) is 0 Å². The van der Waals surface area contributed by atoms with Gasteiger partial charge >= 0.3 is 5.97 Å². The topological polar surface area (TPSA) is 92.9 Å². The summed E-state index contributed by atoms with van der Waals surface area (Å²) in [5.74, 6) is -0.691. The molecule has 9 heteroatoms. The van der Waals surface area contributed by atoms with Gasteiger partial charge in [0.2, 0.25) is 5.95 Å². The van der Waals surface area contributed by atoms with Crippen molar-refractivity contribution in [3.63, 3.8) is 0 Å². The van der Waals surface area contributed by atoms with Crippen LogP contribution in [-0.2, 0) is 4.79 Å². The van der Waals surface area contributed by atoms with Gasteiger partial charge in [0.05, 0.1) is 5.02 Å². The lowest BCUT2D eigenvalue weighted by Crippen LogP contribution is -2.04. The highest BCUT2D eigenvalue weighted by Gasteiger charge is 2.12. The molecule has 0 bridgehead atoms. The van der Waals surface area contributed by atoms with Crippen LogP contribution in [0.15, 0.2) is 73.5 Å². The van der Waals surface area contributed by atoms with Crippen molar-refractivity contribution in [2.75, 3.05) is 5.32 Å². The van der Waals surface area contributed by atoms with Crippen molar-refractivity contribution >= 4 is 35.3 Å². The van der Waals surface area contributed by atoms with Crippen LogP contribution in [0.25, 0.3) is 23.0 Å². The maximum Gasteiger partial charge on any atom is 0.328 e. The molecule has 0 fully saturated rings. The number of imidazole rings is 1. The van der Waals surface area contributed by atoms with Crippen molar-refractivity contribution in [1.82, 2.24) is 19.5 Å². The van der Waals surface area contributed by atoms with Gasteiger partial charge in [-0.25, -0.2) is 19.2 Å². The highest BCUT2D eigenvalue weighted by Crippen LogP contribution is 2.28. The molecule has 0 radical (unpaired) electrons. The maximum absolute atomic E-state index is 13.4. The smallest absolute Gasteiger partial charge is 0.328 e. The number of carbonyl (C=O) groups is 1. The summed E-state index contributed by atoms with van der Waals surface area (Å²) in [4.78, 5) is 23.9. The van der Waals surface area contributed by atoms with E-state index in [0.29, 0.717) is 17.1 Å². The van der Waals surface area contributed by atoms with Gasteiger partial charge in [-0.3, -0.25) is 4.57 Å². The van der Waals surface area contributed by atoms with Crippen molar-refractivity contribution in [3.05, 3.63) is 89.9 Å². The maximum atomic E-state index is 13.4. The third-order valence-electron chi connectivity index (χ3n) is 4.31. The predicted octanol–water partition coefficient (Wildman–Crippen LogP) is 4.96. The van der Waals surface area contributed by atoms with Crippen LogP contribution in [0.2, 0.25) is 5.02 Å². The minimum Gasteiger partial charge on any atom is -0.478 e. The molecule has 2 aromatic heterocycles. The number of benzene rings is 2. The Balaban J connectivity index is 1.74. The summed E-state index contributed by atoms with van der Waals surface area (Å²) in [5.41, 5.74) is 2.77. The van der Waals surface area contributed by atoms with Crippen LogP contribution in [-0.4, -0.2) is 30.6 Å². The van der Waals surface area contributed by atoms with E-state index in [9.17, 15) is 9.18 Å². The minimum atomic E-state index is -1.02. The number of aromatic nitrogens is 4. The molecule has 0 saturated heterocycles. The van der Waals surface area contributed by atoms with Crippen molar-refractivity contribution in [1.29, 1.82) is 0 Å². The van der Waals surface area contributed by atoms with Crippen molar-refractivity contribution in [3.8, 4) is 16.9 Å². The highest BCUT2D eigenvalue weighted by atomic mass is 35.5. The summed E-state index contributed by atoms with van der Waals surface area (Å²) < 4.78 is 15.2. The van der Waals surface area contributed by atoms with Gasteiger partial charge in [-0.1, -0.05) is 29.8 Å². The molecule has 0 amide bonds. The number of hydrogen-bond acceptors (Lipinski definition) is 5. The Kier molecular flexibility index (Phi) is 5.72. The van der Waals surface area contributed by atoms with E-state index >= 15 is 0 Å². The van der Waals surface area contributed by atoms with Crippen LogP contribution < -0.4 is 5.32 Å². The fourth-order valence-corrected chi connectivity index (χ4v) is 3.08. The average Bonchev–Trinajstić information content (AvgIpc) is 3.30. The molecule has 2 aromatic carbocycles. The van der Waals surface area contributed by atoms with Gasteiger partial charge in [-0.05, 0) is 41.5 Å². The van der Waals surface area contributed by atoms with E-state index in [1.54, 1.807) is 35.6 Å². The van der Waals surface area contributed by atoms with Crippen molar-refractivity contribution < 1.29 is 14.3 Å². The zero-order chi connectivity index (χ0) is 21.8. The van der Waals surface area contributed by atoms with Crippen LogP contribution in [0.5, 0.6) is 0 Å². The Morgan fingerprint density at radius 1 is 1.23 bits per heavy atom. The zero-order valence-corrected chi connectivity index (χ0v) is 16.7. The first-order valence-electron chi connectivity index (χ1n) is 9.08. The van der Waals surface area contributed by atoms with Crippen LogP contribution in [0.4, 0.5) is 16.0 Å². The molecule has 154 valence electrons. The second-order valence-corrected chi connectivity index (χ2v) is 6.86. The first-order chi connectivity index (χ1) is 15.0. The van der Waals surface area contributed by atoms with E-state index in [4.69, 9.17) is 16.7 Å². The molecule has 2 heterocycles. The average molecular weight is 436 g/mol. The molecule has 0 aliphatic rings. The zero-order valence-electron chi connectivity index (χ0n) is 15.9. The molecule has 0 aliphatic carbocycles. The van der Waals surface area contributed by atoms with E-state index < -0.39 is 11.8 Å². The molecule has 0 saturated carbocycles. The van der Waals surface area contributed by atoms with Crippen LogP contribution in [0.3, 0.4) is 0 Å². The first-order valence-corrected chi connectivity index (χ1v) is 9.46. The molecule has 4 rings (SSSR count). The van der Waals surface area contributed by atoms with Crippen LogP contribution in [0.1, 0.15) is 5.56 Å². The van der Waals surface area contributed by atoms with E-state index in [1.807, 2.05) is 18.2 Å². The number of aliphatic carboxylic acids is 1. The van der Waals surface area contributed by atoms with Gasteiger partial charge < -0.3 is 10.4 Å². The van der Waals surface area contributed by atoms with Gasteiger partial charge in [0, 0.05) is 35.9 Å². The molecule has 7 nitrogen and oxygen atoms in total. The van der Waals surface area contributed by atoms with E-state index in [2.05, 4.69) is 20.3 Å². The summed E-state index contributed by atoms with van der Waals surface area (Å²) in [7, 11) is 0. The third kappa shape index (κ3) is 4.76. The van der Waals surface area contributed by atoms with Crippen molar-refractivity contribution in [2.24, 2.45) is 0 Å². The summed E-state index contributed by atoms with van der Waals surface area (Å²) in [6.45, 7) is 0. The van der Waals surface area contributed by atoms with Gasteiger partial charge in [0.15, 0.2) is 5.82 Å². The number of anilines is 2. The predicted molar refractivity (Wildman–Crippen MR) is 116 cm³/mol. The largest absolute Gasteiger partial charge is 0.478 e. The number of nitrogens with one attached hydrogen (secondary N) is 1. The fourth-order valence-electron chi connectivity index (χ4n) is 2.90. The Morgan fingerprint density at radius 3 is 2.84 bits per heavy atom. The van der Waals surface area contributed by atoms with Crippen molar-refractivity contribution in [2.45, 2.75) is 0 Å². The Morgan fingerprint density at radius 2 is 2.10 bits per heavy atom. The number of rotatable bonds is 6. The molecular formula is C22H15ClFN5O2. The summed E-state index contributed by atoms with van der Waals surface area (Å²) in [6, 6.07) is 11.6. The second kappa shape index (κ2) is 8.76. The highest BCUT2D eigenvalue weighted by molar-refractivity contribution is 6.31. The van der Waals surface area contributed by atoms with Gasteiger partial charge in [-0.2, -0.15) is 4.98 Å². The Hall–Kier alpha value is -4.04. The SMILES string of the molecule is O=C(O)C=Cc1cccc(-c2cnc(Nc3ccc(F)c(Cl)c3)nc2-n2ccnc2)c1.